The van der Waals surface area contributed by atoms with Gasteiger partial charge in [-0.05, 0) is 73.5 Å². The number of amides is 1. The molecular weight excluding hydrogens is 488 g/mol. The van der Waals surface area contributed by atoms with E-state index >= 15 is 0 Å². The molecule has 0 aliphatic rings. The number of furan rings is 1. The molecule has 0 bridgehead atoms. The number of hydrogen-bond donors (Lipinski definition) is 1. The first-order chi connectivity index (χ1) is 17.8. The summed E-state index contributed by atoms with van der Waals surface area (Å²) < 4.78 is 13.9. The fourth-order valence-electron chi connectivity index (χ4n) is 4.31. The van der Waals surface area contributed by atoms with Crippen LogP contribution in [0, 0.1) is 6.92 Å². The van der Waals surface area contributed by atoms with E-state index in [-0.39, 0.29) is 24.2 Å². The molecule has 7 nitrogen and oxygen atoms in total. The lowest BCUT2D eigenvalue weighted by molar-refractivity contribution is 0.0991. The molecule has 0 unspecified atom stereocenters. The summed E-state index contributed by atoms with van der Waals surface area (Å²) in [4.78, 5) is 20.1. The Morgan fingerprint density at radius 1 is 1.16 bits per heavy atom. The van der Waals surface area contributed by atoms with Gasteiger partial charge in [0.1, 0.15) is 18.1 Å². The molecule has 0 fully saturated rings. The summed E-state index contributed by atoms with van der Waals surface area (Å²) in [5, 5.41) is 3.66. The highest BCUT2D eigenvalue weighted by molar-refractivity contribution is 6.31. The molecule has 8 heteroatoms. The molecule has 0 aliphatic heterocycles. The second kappa shape index (κ2) is 11.8. The number of halogens is 1. The van der Waals surface area contributed by atoms with E-state index < -0.39 is 0 Å². The van der Waals surface area contributed by atoms with Crippen molar-refractivity contribution < 1.29 is 13.9 Å². The number of anilines is 1. The van der Waals surface area contributed by atoms with Crippen LogP contribution in [0.1, 0.15) is 61.1 Å². The van der Waals surface area contributed by atoms with Gasteiger partial charge in [-0.25, -0.2) is 4.98 Å². The van der Waals surface area contributed by atoms with Crippen molar-refractivity contribution in [1.82, 2.24) is 14.5 Å². The fourth-order valence-corrected chi connectivity index (χ4v) is 4.49. The summed E-state index contributed by atoms with van der Waals surface area (Å²) >= 11 is 6.31. The lowest BCUT2D eigenvalue weighted by Gasteiger charge is -2.19. The number of nitrogens with one attached hydrogen (secondary N) is 1. The monoisotopic (exact) mass is 522 g/mol. The Morgan fingerprint density at radius 3 is 2.65 bits per heavy atom. The van der Waals surface area contributed by atoms with Gasteiger partial charge in [0.2, 0.25) is 5.95 Å². The van der Waals surface area contributed by atoms with Crippen LogP contribution in [0.3, 0.4) is 0 Å². The number of nitrogens with zero attached hydrogens (tertiary/aromatic N) is 3. The van der Waals surface area contributed by atoms with Crippen LogP contribution in [-0.2, 0) is 13.2 Å². The molecule has 2 aromatic heterocycles. The number of rotatable bonds is 11. The van der Waals surface area contributed by atoms with Crippen LogP contribution < -0.4 is 10.1 Å². The molecule has 0 saturated carbocycles. The predicted octanol–water partition coefficient (Wildman–Crippen LogP) is 6.89. The summed E-state index contributed by atoms with van der Waals surface area (Å²) in [5.74, 6) is 1.94. The van der Waals surface area contributed by atoms with Crippen LogP contribution in [0.5, 0.6) is 5.75 Å². The lowest BCUT2D eigenvalue weighted by Crippen LogP contribution is -2.27. The van der Waals surface area contributed by atoms with Gasteiger partial charge in [0.05, 0.1) is 11.0 Å². The van der Waals surface area contributed by atoms with Crippen LogP contribution in [0.15, 0.2) is 52.9 Å². The number of likely N-dealkylation sites (N-methyl/N-ethyl adjacent to an activating group) is 1. The van der Waals surface area contributed by atoms with Crippen molar-refractivity contribution in [3.8, 4) is 5.75 Å². The molecule has 1 amide bonds. The van der Waals surface area contributed by atoms with Crippen LogP contribution in [-0.4, -0.2) is 40.0 Å². The summed E-state index contributed by atoms with van der Waals surface area (Å²) in [5.41, 5.74) is 3.80. The Balaban J connectivity index is 1.48. The molecule has 4 rings (SSSR count). The normalized spacial score (nSPS) is 11.6. The maximum Gasteiger partial charge on any atom is 0.293 e. The van der Waals surface area contributed by atoms with Crippen molar-refractivity contribution in [2.75, 3.05) is 25.0 Å². The average Bonchev–Trinajstić information content (AvgIpc) is 3.50. The van der Waals surface area contributed by atoms with Crippen molar-refractivity contribution in [2.24, 2.45) is 0 Å². The number of para-hydroxylation sites is 2. The zero-order chi connectivity index (χ0) is 26.5. The fraction of sp³-hybridized carbons (Fsp3) is 0.379. The van der Waals surface area contributed by atoms with Crippen LogP contribution >= 0.6 is 11.6 Å². The van der Waals surface area contributed by atoms with Crippen LogP contribution in [0.25, 0.3) is 11.0 Å². The van der Waals surface area contributed by atoms with E-state index in [0.29, 0.717) is 18.3 Å². The van der Waals surface area contributed by atoms with Gasteiger partial charge < -0.3 is 18.6 Å². The van der Waals surface area contributed by atoms with Crippen LogP contribution in [0.4, 0.5) is 5.95 Å². The maximum atomic E-state index is 13.1. The zero-order valence-electron chi connectivity index (χ0n) is 22.2. The molecule has 4 aromatic rings. The lowest BCUT2D eigenvalue weighted by atomic mass is 10.0. The maximum absolute atomic E-state index is 13.1. The summed E-state index contributed by atoms with van der Waals surface area (Å²) in [7, 11) is 0. The third-order valence-electron chi connectivity index (χ3n) is 6.58. The minimum Gasteiger partial charge on any atom is -0.485 e. The van der Waals surface area contributed by atoms with Gasteiger partial charge in [0.15, 0.2) is 5.76 Å². The number of ether oxygens (including phenoxy) is 1. The van der Waals surface area contributed by atoms with Gasteiger partial charge in [-0.2, -0.15) is 0 Å². The third-order valence-corrected chi connectivity index (χ3v) is 6.99. The van der Waals surface area contributed by atoms with E-state index in [1.807, 2.05) is 43.3 Å². The minimum absolute atomic E-state index is 0.205. The molecule has 2 heterocycles. The van der Waals surface area contributed by atoms with E-state index in [1.165, 1.54) is 0 Å². The van der Waals surface area contributed by atoms with E-state index in [0.717, 1.165) is 52.6 Å². The SMILES string of the molecule is CCN(CC)CCn1c(NC(=O)c2ccc(COc3cc(C)c(Cl)cc3C(C)C)o2)nc2ccccc21. The number of hydrogen-bond acceptors (Lipinski definition) is 5. The predicted molar refractivity (Wildman–Crippen MR) is 149 cm³/mol. The quantitative estimate of drug-likeness (QED) is 0.232. The Labute approximate surface area is 223 Å². The largest absolute Gasteiger partial charge is 0.485 e. The van der Waals surface area contributed by atoms with E-state index in [9.17, 15) is 4.79 Å². The first kappa shape index (κ1) is 26.8. The molecule has 0 spiro atoms. The van der Waals surface area contributed by atoms with E-state index in [2.05, 4.69) is 47.5 Å². The van der Waals surface area contributed by atoms with Gasteiger partial charge in [-0.15, -0.1) is 0 Å². The standard InChI is InChI=1S/C29H35ClN4O3/c1-6-33(7-2)14-15-34-25-11-9-8-10-24(25)31-29(34)32-28(35)26-13-12-21(37-26)18-36-27-16-20(5)23(30)17-22(27)19(3)4/h8-13,16-17,19H,6-7,14-15,18H2,1-5H3,(H,31,32,35). The molecule has 0 aliphatic carbocycles. The number of benzene rings is 2. The van der Waals surface area contributed by atoms with Gasteiger partial charge in [0.25, 0.3) is 5.91 Å². The Bertz CT molecular complexity index is 1370. The summed E-state index contributed by atoms with van der Waals surface area (Å²) in [6.45, 7) is 14.2. The van der Waals surface area contributed by atoms with Crippen molar-refractivity contribution in [3.63, 3.8) is 0 Å². The second-order valence-corrected chi connectivity index (χ2v) is 9.81. The van der Waals surface area contributed by atoms with E-state index in [4.69, 9.17) is 20.8 Å². The average molecular weight is 523 g/mol. The zero-order valence-corrected chi connectivity index (χ0v) is 22.9. The Kier molecular flexibility index (Phi) is 8.56. The smallest absolute Gasteiger partial charge is 0.293 e. The molecule has 1 N–H and O–H groups in total. The first-order valence-electron chi connectivity index (χ1n) is 12.8. The molecule has 37 heavy (non-hydrogen) atoms. The van der Waals surface area contributed by atoms with Crippen molar-refractivity contribution >= 4 is 34.5 Å². The van der Waals surface area contributed by atoms with Gasteiger partial charge in [-0.1, -0.05) is 51.4 Å². The van der Waals surface area contributed by atoms with Crippen molar-refractivity contribution in [3.05, 3.63) is 76.2 Å². The molecule has 2 aromatic carbocycles. The highest BCUT2D eigenvalue weighted by Crippen LogP contribution is 2.32. The highest BCUT2D eigenvalue weighted by Gasteiger charge is 2.18. The van der Waals surface area contributed by atoms with Gasteiger partial charge in [0, 0.05) is 18.1 Å². The van der Waals surface area contributed by atoms with Gasteiger partial charge >= 0.3 is 0 Å². The number of aryl methyl sites for hydroxylation is 1. The number of imidazole rings is 1. The van der Waals surface area contributed by atoms with Crippen molar-refractivity contribution in [1.29, 1.82) is 0 Å². The Morgan fingerprint density at radius 2 is 1.92 bits per heavy atom. The topological polar surface area (TPSA) is 72.5 Å². The summed E-state index contributed by atoms with van der Waals surface area (Å²) in [6.07, 6.45) is 0. The second-order valence-electron chi connectivity index (χ2n) is 9.41. The number of fused-ring (bicyclic) bond motifs is 1. The van der Waals surface area contributed by atoms with Crippen LogP contribution in [0.2, 0.25) is 5.02 Å². The van der Waals surface area contributed by atoms with Gasteiger partial charge in [-0.3, -0.25) is 10.1 Å². The highest BCUT2D eigenvalue weighted by atomic mass is 35.5. The number of aromatic nitrogens is 2. The summed E-state index contributed by atoms with van der Waals surface area (Å²) in [6, 6.07) is 15.2. The number of carbonyl (C=O) groups is 1. The molecule has 0 atom stereocenters. The molecule has 196 valence electrons. The first-order valence-corrected chi connectivity index (χ1v) is 13.2. The Hall–Kier alpha value is -3.29. The number of carbonyl (C=O) groups excluding carboxylic acids is 1. The molecular formula is C29H35ClN4O3. The molecule has 0 saturated heterocycles. The minimum atomic E-state index is -0.351. The third kappa shape index (κ3) is 6.17. The van der Waals surface area contributed by atoms with E-state index in [1.54, 1.807) is 12.1 Å². The van der Waals surface area contributed by atoms with Crippen molar-refractivity contribution in [2.45, 2.75) is 53.7 Å². The molecule has 0 radical (unpaired) electrons.